The van der Waals surface area contributed by atoms with Crippen molar-refractivity contribution in [1.82, 2.24) is 5.32 Å². The fourth-order valence-electron chi connectivity index (χ4n) is 3.06. The molecule has 1 aromatic carbocycles. The van der Waals surface area contributed by atoms with Crippen molar-refractivity contribution >= 4 is 17.5 Å². The summed E-state index contributed by atoms with van der Waals surface area (Å²) in [5.74, 6) is 0.356. The number of anilines is 1. The Morgan fingerprint density at radius 2 is 2.17 bits per heavy atom. The molecular formula is C17H22N2O4. The van der Waals surface area contributed by atoms with E-state index < -0.39 is 0 Å². The molecule has 2 atom stereocenters. The molecule has 6 heteroatoms. The van der Waals surface area contributed by atoms with Gasteiger partial charge < -0.3 is 19.7 Å². The van der Waals surface area contributed by atoms with E-state index in [-0.39, 0.29) is 30.3 Å². The number of nitrogens with one attached hydrogen (secondary N) is 1. The summed E-state index contributed by atoms with van der Waals surface area (Å²) >= 11 is 0. The van der Waals surface area contributed by atoms with Crippen molar-refractivity contribution < 1.29 is 19.1 Å². The van der Waals surface area contributed by atoms with E-state index in [1.165, 1.54) is 0 Å². The van der Waals surface area contributed by atoms with Crippen LogP contribution in [0.5, 0.6) is 5.75 Å². The van der Waals surface area contributed by atoms with E-state index >= 15 is 0 Å². The van der Waals surface area contributed by atoms with E-state index in [0.29, 0.717) is 13.1 Å². The molecule has 0 bridgehead atoms. The zero-order valence-electron chi connectivity index (χ0n) is 13.3. The maximum atomic E-state index is 12.3. The summed E-state index contributed by atoms with van der Waals surface area (Å²) in [5.41, 5.74) is 0.797. The summed E-state index contributed by atoms with van der Waals surface area (Å²) in [6.07, 6.45) is 2.41. The van der Waals surface area contributed by atoms with Crippen LogP contribution in [0.4, 0.5) is 5.69 Å². The Kier molecular flexibility index (Phi) is 4.81. The minimum atomic E-state index is -0.300. The average Bonchev–Trinajstić information content (AvgIpc) is 3.22. The van der Waals surface area contributed by atoms with Crippen molar-refractivity contribution in [1.29, 1.82) is 0 Å². The minimum Gasteiger partial charge on any atom is -0.497 e. The molecule has 1 aromatic rings. The number of amides is 2. The predicted molar refractivity (Wildman–Crippen MR) is 85.4 cm³/mol. The SMILES string of the molecule is COc1ccc(N2CC(C(=O)NCC3CCCO3)CC2=O)cc1. The molecular weight excluding hydrogens is 296 g/mol. The van der Waals surface area contributed by atoms with Gasteiger partial charge in [0.05, 0.1) is 19.1 Å². The van der Waals surface area contributed by atoms with E-state index in [2.05, 4.69) is 5.32 Å². The number of methoxy groups -OCH3 is 1. The summed E-state index contributed by atoms with van der Waals surface area (Å²) in [6, 6.07) is 7.30. The van der Waals surface area contributed by atoms with Crippen LogP contribution < -0.4 is 15.0 Å². The van der Waals surface area contributed by atoms with Gasteiger partial charge in [0.1, 0.15) is 5.75 Å². The van der Waals surface area contributed by atoms with Crippen molar-refractivity contribution in [3.63, 3.8) is 0 Å². The second kappa shape index (κ2) is 7.00. The highest BCUT2D eigenvalue weighted by atomic mass is 16.5. The molecule has 2 saturated heterocycles. The third kappa shape index (κ3) is 3.64. The first-order valence-corrected chi connectivity index (χ1v) is 8.01. The quantitative estimate of drug-likeness (QED) is 0.890. The van der Waals surface area contributed by atoms with Crippen LogP contribution in [0.3, 0.4) is 0 Å². The third-order valence-electron chi connectivity index (χ3n) is 4.41. The lowest BCUT2D eigenvalue weighted by Crippen LogP contribution is -2.37. The molecule has 124 valence electrons. The number of carbonyl (C=O) groups is 2. The lowest BCUT2D eigenvalue weighted by atomic mass is 10.1. The molecule has 2 fully saturated rings. The van der Waals surface area contributed by atoms with Crippen LogP contribution in [-0.4, -0.2) is 44.7 Å². The van der Waals surface area contributed by atoms with E-state index in [4.69, 9.17) is 9.47 Å². The van der Waals surface area contributed by atoms with Crippen molar-refractivity contribution in [2.75, 3.05) is 31.7 Å². The van der Waals surface area contributed by atoms with Crippen molar-refractivity contribution in [2.45, 2.75) is 25.4 Å². The number of benzene rings is 1. The van der Waals surface area contributed by atoms with Gasteiger partial charge in [-0.3, -0.25) is 9.59 Å². The number of rotatable bonds is 5. The number of carbonyl (C=O) groups excluding carboxylic acids is 2. The van der Waals surface area contributed by atoms with E-state index in [1.54, 1.807) is 12.0 Å². The fraction of sp³-hybridized carbons (Fsp3) is 0.529. The molecule has 6 nitrogen and oxygen atoms in total. The van der Waals surface area contributed by atoms with E-state index in [1.807, 2.05) is 24.3 Å². The molecule has 1 N–H and O–H groups in total. The lowest BCUT2D eigenvalue weighted by molar-refractivity contribution is -0.126. The van der Waals surface area contributed by atoms with Gasteiger partial charge in [0, 0.05) is 31.8 Å². The van der Waals surface area contributed by atoms with Gasteiger partial charge in [0.15, 0.2) is 0 Å². The van der Waals surface area contributed by atoms with Gasteiger partial charge in [-0.25, -0.2) is 0 Å². The second-order valence-electron chi connectivity index (χ2n) is 5.98. The maximum Gasteiger partial charge on any atom is 0.227 e. The molecule has 0 saturated carbocycles. The maximum absolute atomic E-state index is 12.3. The van der Waals surface area contributed by atoms with Gasteiger partial charge in [-0.1, -0.05) is 0 Å². The summed E-state index contributed by atoms with van der Waals surface area (Å²) in [5, 5.41) is 2.91. The lowest BCUT2D eigenvalue weighted by Gasteiger charge is -2.17. The van der Waals surface area contributed by atoms with Crippen LogP contribution >= 0.6 is 0 Å². The standard InChI is InChI=1S/C17H22N2O4/c1-22-14-6-4-13(5-7-14)19-11-12(9-16(19)20)17(21)18-10-15-3-2-8-23-15/h4-7,12,15H,2-3,8-11H2,1H3,(H,18,21). The van der Waals surface area contributed by atoms with Crippen molar-refractivity contribution in [3.05, 3.63) is 24.3 Å². The van der Waals surface area contributed by atoms with E-state index in [9.17, 15) is 9.59 Å². The summed E-state index contributed by atoms with van der Waals surface area (Å²) in [7, 11) is 1.60. The zero-order valence-corrected chi connectivity index (χ0v) is 13.3. The van der Waals surface area contributed by atoms with Gasteiger partial charge >= 0.3 is 0 Å². The smallest absolute Gasteiger partial charge is 0.227 e. The highest BCUT2D eigenvalue weighted by molar-refractivity contribution is 6.00. The number of hydrogen-bond donors (Lipinski definition) is 1. The monoisotopic (exact) mass is 318 g/mol. The molecule has 0 aromatic heterocycles. The highest BCUT2D eigenvalue weighted by Gasteiger charge is 2.35. The van der Waals surface area contributed by atoms with Crippen LogP contribution in [0.2, 0.25) is 0 Å². The van der Waals surface area contributed by atoms with Crippen molar-refractivity contribution in [3.8, 4) is 5.75 Å². The van der Waals surface area contributed by atoms with Crippen LogP contribution in [0, 0.1) is 5.92 Å². The Balaban J connectivity index is 1.56. The molecule has 2 aliphatic heterocycles. The first-order chi connectivity index (χ1) is 11.2. The Hall–Kier alpha value is -2.08. The Morgan fingerprint density at radius 3 is 2.83 bits per heavy atom. The van der Waals surface area contributed by atoms with E-state index in [0.717, 1.165) is 30.9 Å². The van der Waals surface area contributed by atoms with Crippen LogP contribution in [0.25, 0.3) is 0 Å². The zero-order chi connectivity index (χ0) is 16.2. The summed E-state index contributed by atoms with van der Waals surface area (Å²) in [6.45, 7) is 1.72. The van der Waals surface area contributed by atoms with Gasteiger partial charge in [0.2, 0.25) is 11.8 Å². The Labute approximate surface area is 135 Å². The number of ether oxygens (including phenoxy) is 2. The fourth-order valence-corrected chi connectivity index (χ4v) is 3.06. The van der Waals surface area contributed by atoms with Gasteiger partial charge in [-0.05, 0) is 37.1 Å². The number of nitrogens with zero attached hydrogens (tertiary/aromatic N) is 1. The topological polar surface area (TPSA) is 67.9 Å². The summed E-state index contributed by atoms with van der Waals surface area (Å²) < 4.78 is 10.6. The normalized spacial score (nSPS) is 24.0. The largest absolute Gasteiger partial charge is 0.497 e. The molecule has 0 radical (unpaired) electrons. The van der Waals surface area contributed by atoms with Crippen LogP contribution in [0.15, 0.2) is 24.3 Å². The molecule has 0 spiro atoms. The van der Waals surface area contributed by atoms with Crippen LogP contribution in [0.1, 0.15) is 19.3 Å². The molecule has 2 unspecified atom stereocenters. The Morgan fingerprint density at radius 1 is 1.39 bits per heavy atom. The summed E-state index contributed by atoms with van der Waals surface area (Å²) in [4.78, 5) is 26.1. The molecule has 2 heterocycles. The second-order valence-corrected chi connectivity index (χ2v) is 5.98. The van der Waals surface area contributed by atoms with Crippen molar-refractivity contribution in [2.24, 2.45) is 5.92 Å². The molecule has 23 heavy (non-hydrogen) atoms. The third-order valence-corrected chi connectivity index (χ3v) is 4.41. The van der Waals surface area contributed by atoms with Gasteiger partial charge in [-0.15, -0.1) is 0 Å². The highest BCUT2D eigenvalue weighted by Crippen LogP contribution is 2.27. The predicted octanol–water partition coefficient (Wildman–Crippen LogP) is 1.34. The van der Waals surface area contributed by atoms with Crippen LogP contribution in [-0.2, 0) is 14.3 Å². The molecule has 2 aliphatic rings. The first kappa shape index (κ1) is 15.8. The van der Waals surface area contributed by atoms with Gasteiger partial charge in [-0.2, -0.15) is 0 Å². The minimum absolute atomic E-state index is 0.0209. The first-order valence-electron chi connectivity index (χ1n) is 8.01. The molecule has 2 amide bonds. The van der Waals surface area contributed by atoms with Gasteiger partial charge in [0.25, 0.3) is 0 Å². The number of hydrogen-bond acceptors (Lipinski definition) is 4. The Bertz CT molecular complexity index is 566. The average molecular weight is 318 g/mol. The molecule has 0 aliphatic carbocycles. The molecule has 3 rings (SSSR count).